The number of fused-ring (bicyclic) bond motifs is 2. The number of thiazole rings is 1. The molecule has 0 aliphatic carbocycles. The van der Waals surface area contributed by atoms with E-state index in [1.54, 1.807) is 18.2 Å². The quantitative estimate of drug-likeness (QED) is 0.450. The minimum Gasteiger partial charge on any atom is -0.493 e. The van der Waals surface area contributed by atoms with Gasteiger partial charge in [-0.25, -0.2) is 0 Å². The Hall–Kier alpha value is -3.57. The third-order valence-corrected chi connectivity index (χ3v) is 8.63. The predicted octanol–water partition coefficient (Wildman–Crippen LogP) is 3.01. The van der Waals surface area contributed by atoms with Crippen LogP contribution in [0.3, 0.4) is 0 Å². The number of nitrogens with one attached hydrogen (secondary N) is 1. The van der Waals surface area contributed by atoms with Crippen molar-refractivity contribution >= 4 is 40.9 Å². The fourth-order valence-corrected chi connectivity index (χ4v) is 7.22. The molecule has 2 amide bonds. The molecule has 1 aromatic heterocycles. The molecule has 2 aliphatic heterocycles. The molecule has 11 heteroatoms. The van der Waals surface area contributed by atoms with Gasteiger partial charge in [0.2, 0.25) is 11.8 Å². The SMILES string of the molecule is COc1cc([C@@H]2c3sc(=O)[nH]c3S[C@@H]3C(=O)N(CC(=O)O)C(=O)[C@H]23)ccc1OCc1cccc(C)c1. The first-order valence-corrected chi connectivity index (χ1v) is 12.8. The number of ether oxygens (including phenoxy) is 2. The number of carboxylic acids is 1. The number of methoxy groups -OCH3 is 1. The lowest BCUT2D eigenvalue weighted by Crippen LogP contribution is -2.36. The van der Waals surface area contributed by atoms with Gasteiger partial charge >= 0.3 is 10.8 Å². The number of thioether (sulfide) groups is 1. The largest absolute Gasteiger partial charge is 0.493 e. The molecule has 1 fully saturated rings. The molecule has 2 aromatic carbocycles. The fraction of sp³-hybridized carbons (Fsp3) is 0.280. The first kappa shape index (κ1) is 24.1. The van der Waals surface area contributed by atoms with E-state index >= 15 is 0 Å². The Morgan fingerprint density at radius 2 is 1.92 bits per heavy atom. The number of benzene rings is 2. The van der Waals surface area contributed by atoms with E-state index < -0.39 is 41.4 Å². The van der Waals surface area contributed by atoms with E-state index in [9.17, 15) is 24.3 Å². The van der Waals surface area contributed by atoms with Crippen molar-refractivity contribution in [3.63, 3.8) is 0 Å². The molecule has 0 bridgehead atoms. The zero-order valence-electron chi connectivity index (χ0n) is 19.3. The van der Waals surface area contributed by atoms with Gasteiger partial charge in [0.1, 0.15) is 18.4 Å². The number of amides is 2. The number of aromatic nitrogens is 1. The molecule has 9 nitrogen and oxygen atoms in total. The Bertz CT molecular complexity index is 1430. The summed E-state index contributed by atoms with van der Waals surface area (Å²) < 4.78 is 11.6. The minimum absolute atomic E-state index is 0.287. The highest BCUT2D eigenvalue weighted by atomic mass is 32.2. The van der Waals surface area contributed by atoms with Gasteiger partial charge in [-0.15, -0.1) is 0 Å². The number of hydrogen-bond donors (Lipinski definition) is 2. The average molecular weight is 527 g/mol. The number of likely N-dealkylation sites (tertiary alicyclic amines) is 1. The monoisotopic (exact) mass is 526 g/mol. The molecule has 36 heavy (non-hydrogen) atoms. The van der Waals surface area contributed by atoms with E-state index in [-0.39, 0.29) is 4.87 Å². The molecule has 3 atom stereocenters. The van der Waals surface area contributed by atoms with Gasteiger partial charge in [-0.3, -0.25) is 24.1 Å². The van der Waals surface area contributed by atoms with Crippen molar-refractivity contribution in [3.8, 4) is 11.5 Å². The third-order valence-electron chi connectivity index (χ3n) is 6.23. The number of aryl methyl sites for hydroxylation is 1. The highest BCUT2D eigenvalue weighted by Gasteiger charge is 2.56. The third kappa shape index (κ3) is 4.28. The first-order valence-electron chi connectivity index (χ1n) is 11.1. The molecular formula is C25H22N2O7S2. The van der Waals surface area contributed by atoms with Gasteiger partial charge in [0, 0.05) is 10.8 Å². The van der Waals surface area contributed by atoms with Gasteiger partial charge in [-0.05, 0) is 30.2 Å². The maximum absolute atomic E-state index is 13.3. The van der Waals surface area contributed by atoms with Gasteiger partial charge in [0.05, 0.1) is 18.1 Å². The molecule has 1 saturated heterocycles. The summed E-state index contributed by atoms with van der Waals surface area (Å²) in [6.45, 7) is 1.64. The van der Waals surface area contributed by atoms with Crippen LogP contribution in [0.15, 0.2) is 52.3 Å². The van der Waals surface area contributed by atoms with E-state index in [2.05, 4.69) is 4.98 Å². The molecular weight excluding hydrogens is 504 g/mol. The summed E-state index contributed by atoms with van der Waals surface area (Å²) in [4.78, 5) is 53.7. The van der Waals surface area contributed by atoms with Crippen LogP contribution in [0.1, 0.15) is 27.5 Å². The number of carbonyl (C=O) groups excluding carboxylic acids is 2. The Morgan fingerprint density at radius 1 is 1.11 bits per heavy atom. The van der Waals surface area contributed by atoms with Crippen LogP contribution in [0, 0.1) is 12.8 Å². The van der Waals surface area contributed by atoms with Crippen LogP contribution in [-0.4, -0.2) is 51.7 Å². The Balaban J connectivity index is 1.51. The lowest BCUT2D eigenvalue weighted by atomic mass is 9.83. The minimum atomic E-state index is -1.27. The van der Waals surface area contributed by atoms with E-state index in [0.717, 1.165) is 39.1 Å². The highest BCUT2D eigenvalue weighted by Crippen LogP contribution is 2.53. The smallest absolute Gasteiger partial charge is 0.323 e. The van der Waals surface area contributed by atoms with Crippen molar-refractivity contribution in [1.82, 2.24) is 9.88 Å². The van der Waals surface area contributed by atoms with E-state index in [1.165, 1.54) is 7.11 Å². The van der Waals surface area contributed by atoms with Gasteiger partial charge in [-0.1, -0.05) is 59.0 Å². The van der Waals surface area contributed by atoms with E-state index in [0.29, 0.717) is 33.6 Å². The Morgan fingerprint density at radius 3 is 2.64 bits per heavy atom. The van der Waals surface area contributed by atoms with Crippen molar-refractivity contribution < 1.29 is 29.0 Å². The van der Waals surface area contributed by atoms with Gasteiger partial charge < -0.3 is 19.6 Å². The first-order chi connectivity index (χ1) is 17.3. The highest BCUT2D eigenvalue weighted by molar-refractivity contribution is 8.00. The second kappa shape index (κ2) is 9.47. The van der Waals surface area contributed by atoms with E-state index in [1.807, 2.05) is 31.2 Å². The second-order valence-electron chi connectivity index (χ2n) is 8.59. The molecule has 186 valence electrons. The number of rotatable bonds is 7. The fourth-order valence-electron chi connectivity index (χ4n) is 4.68. The van der Waals surface area contributed by atoms with Crippen LogP contribution in [0.5, 0.6) is 11.5 Å². The summed E-state index contributed by atoms with van der Waals surface area (Å²) >= 11 is 2.09. The number of hydrogen-bond acceptors (Lipinski definition) is 8. The molecule has 0 unspecified atom stereocenters. The van der Waals surface area contributed by atoms with Crippen molar-refractivity contribution in [2.24, 2.45) is 5.92 Å². The lowest BCUT2D eigenvalue weighted by molar-refractivity contribution is -0.149. The van der Waals surface area contributed by atoms with Crippen LogP contribution in [0.4, 0.5) is 0 Å². The number of carbonyl (C=O) groups is 3. The summed E-state index contributed by atoms with van der Waals surface area (Å²) in [7, 11) is 1.51. The summed E-state index contributed by atoms with van der Waals surface area (Å²) in [5.41, 5.74) is 2.79. The van der Waals surface area contributed by atoms with Crippen LogP contribution in [0.25, 0.3) is 0 Å². The Labute approximate surface area is 214 Å². The number of H-pyrrole nitrogens is 1. The van der Waals surface area contributed by atoms with Crippen molar-refractivity contribution in [3.05, 3.63) is 73.7 Å². The Kier molecular flexibility index (Phi) is 6.35. The maximum atomic E-state index is 13.3. The van der Waals surface area contributed by atoms with Gasteiger partial charge in [0.15, 0.2) is 11.5 Å². The standard InChI is InChI=1S/C25H22N2O7S2/c1-12-4-3-5-13(8-12)11-34-15-7-6-14(9-16(15)33-2)18-19-21(35-22-20(18)36-25(32)26-22)24(31)27(23(19)30)10-17(28)29/h3-9,18-19,21H,10-11H2,1-2H3,(H,26,32)(H,28,29)/t18-,19+,21-/m0/s1. The summed E-state index contributed by atoms with van der Waals surface area (Å²) in [5, 5.41) is 8.90. The molecule has 0 spiro atoms. The topological polar surface area (TPSA) is 126 Å². The number of imide groups is 1. The second-order valence-corrected chi connectivity index (χ2v) is 10.8. The molecule has 2 aliphatic rings. The van der Waals surface area contributed by atoms with Gasteiger partial charge in [-0.2, -0.15) is 0 Å². The predicted molar refractivity (Wildman–Crippen MR) is 133 cm³/mol. The van der Waals surface area contributed by atoms with E-state index in [4.69, 9.17) is 9.47 Å². The van der Waals surface area contributed by atoms with Crippen LogP contribution in [-0.2, 0) is 21.0 Å². The zero-order chi connectivity index (χ0) is 25.6. The summed E-state index contributed by atoms with van der Waals surface area (Å²) in [5.74, 6) is -2.90. The number of aliphatic carboxylic acids is 1. The summed E-state index contributed by atoms with van der Waals surface area (Å²) in [6.07, 6.45) is 0. The average Bonchev–Trinajstić information content (AvgIpc) is 3.33. The number of carboxylic acid groups (broad SMARTS) is 1. The van der Waals surface area contributed by atoms with Crippen molar-refractivity contribution in [2.45, 2.75) is 29.7 Å². The molecule has 0 radical (unpaired) electrons. The normalized spacial score (nSPS) is 20.7. The molecule has 0 saturated carbocycles. The molecule has 3 aromatic rings. The molecule has 3 heterocycles. The van der Waals surface area contributed by atoms with Crippen molar-refractivity contribution in [2.75, 3.05) is 13.7 Å². The van der Waals surface area contributed by atoms with Gasteiger partial charge in [0.25, 0.3) is 0 Å². The molecule has 5 rings (SSSR count). The van der Waals surface area contributed by atoms with Crippen LogP contribution in [0.2, 0.25) is 0 Å². The lowest BCUT2D eigenvalue weighted by Gasteiger charge is -2.30. The number of aromatic amines is 1. The zero-order valence-corrected chi connectivity index (χ0v) is 21.0. The maximum Gasteiger partial charge on any atom is 0.323 e. The molecule has 2 N–H and O–H groups in total. The summed E-state index contributed by atoms with van der Waals surface area (Å²) in [6, 6.07) is 13.2. The van der Waals surface area contributed by atoms with Crippen molar-refractivity contribution in [1.29, 1.82) is 0 Å². The van der Waals surface area contributed by atoms with Crippen LogP contribution >= 0.6 is 23.1 Å². The van der Waals surface area contributed by atoms with Crippen LogP contribution < -0.4 is 14.3 Å². The number of nitrogens with zero attached hydrogens (tertiary/aromatic N) is 1.